The molecule has 4 aliphatic carbocycles. The lowest BCUT2D eigenvalue weighted by molar-refractivity contribution is -0.219. The summed E-state index contributed by atoms with van der Waals surface area (Å²) < 4.78 is 16.9. The van der Waals surface area contributed by atoms with E-state index in [0.29, 0.717) is 30.9 Å². The van der Waals surface area contributed by atoms with Crippen LogP contribution in [0.3, 0.4) is 0 Å². The van der Waals surface area contributed by atoms with Gasteiger partial charge in [0.1, 0.15) is 12.2 Å². The summed E-state index contributed by atoms with van der Waals surface area (Å²) >= 11 is 1.87. The number of para-hydroxylation sites is 2. The van der Waals surface area contributed by atoms with Gasteiger partial charge in [0.15, 0.2) is 17.2 Å². The van der Waals surface area contributed by atoms with Crippen LogP contribution in [0, 0.1) is 28.6 Å². The Balaban J connectivity index is 0.000000177. The average molecular weight is 677 g/mol. The van der Waals surface area contributed by atoms with E-state index in [1.54, 1.807) is 26.8 Å². The Morgan fingerprint density at radius 2 is 1.69 bits per heavy atom. The van der Waals surface area contributed by atoms with Gasteiger partial charge in [-0.15, -0.1) is 0 Å². The number of aliphatic hydroxyl groups is 3. The van der Waals surface area contributed by atoms with E-state index in [9.17, 15) is 24.9 Å². The SMILES string of the molecule is CC(CN1c2ccccc2Sc2ccccc21)N(C)C.C[C@@H]1C[C@H]2[C@@H]3CCC4=CC(=O)C=C[C@]4(C)[C@@]3(F)[C@@H](O)C[C@]2(C)[C@@]1(O)C(=O)CO. The highest BCUT2D eigenvalue weighted by Crippen LogP contribution is 2.70. The number of ketones is 2. The molecule has 0 spiro atoms. The number of carbonyl (C=O) groups is 2. The summed E-state index contributed by atoms with van der Waals surface area (Å²) in [6.07, 6.45) is 4.44. The topological polar surface area (TPSA) is 101 Å². The number of aliphatic hydroxyl groups excluding tert-OH is 2. The van der Waals surface area contributed by atoms with Crippen LogP contribution in [0.2, 0.25) is 0 Å². The summed E-state index contributed by atoms with van der Waals surface area (Å²) in [5.41, 5.74) is -2.52. The minimum atomic E-state index is -1.98. The van der Waals surface area contributed by atoms with Crippen molar-refractivity contribution >= 4 is 34.7 Å². The molecule has 3 N–H and O–H groups in total. The molecule has 9 atom stereocenters. The van der Waals surface area contributed by atoms with Gasteiger partial charge < -0.3 is 25.1 Å². The van der Waals surface area contributed by atoms with E-state index in [2.05, 4.69) is 79.3 Å². The van der Waals surface area contributed by atoms with Gasteiger partial charge in [-0.3, -0.25) is 9.59 Å². The first kappa shape index (κ1) is 35.0. The molecule has 0 aromatic heterocycles. The van der Waals surface area contributed by atoms with E-state index in [1.807, 2.05) is 11.8 Å². The molecule has 0 saturated heterocycles. The number of rotatable bonds is 5. The number of alkyl halides is 1. The van der Waals surface area contributed by atoms with Crippen LogP contribution in [0.1, 0.15) is 53.4 Å². The van der Waals surface area contributed by atoms with E-state index >= 15 is 4.39 Å². The zero-order chi connectivity index (χ0) is 34.8. The van der Waals surface area contributed by atoms with Crippen LogP contribution in [0.4, 0.5) is 15.8 Å². The number of nitrogens with zero attached hydrogens (tertiary/aromatic N) is 2. The van der Waals surface area contributed by atoms with Crippen molar-refractivity contribution in [3.63, 3.8) is 0 Å². The number of hydrogen-bond acceptors (Lipinski definition) is 8. The number of fused-ring (bicyclic) bond motifs is 7. The third kappa shape index (κ3) is 5.06. The number of hydrogen-bond donors (Lipinski definition) is 3. The summed E-state index contributed by atoms with van der Waals surface area (Å²) in [4.78, 5) is 31.8. The highest BCUT2D eigenvalue weighted by molar-refractivity contribution is 7.99. The number of anilines is 2. The maximum Gasteiger partial charge on any atom is 0.190 e. The molecule has 2 aromatic rings. The predicted molar refractivity (Wildman–Crippen MR) is 187 cm³/mol. The normalized spacial score (nSPS) is 36.9. The number of allylic oxidation sites excluding steroid dienone is 4. The van der Waals surface area contributed by atoms with Crippen LogP contribution >= 0.6 is 11.8 Å². The quantitative estimate of drug-likeness (QED) is 0.348. The number of Topliss-reactive ketones (excluding diaryl/α,β-unsaturated/α-hetero) is 1. The fourth-order valence-corrected chi connectivity index (χ4v) is 10.8. The molecular formula is C39H49FN2O5S. The van der Waals surface area contributed by atoms with Crippen molar-refractivity contribution in [1.82, 2.24) is 4.90 Å². The summed E-state index contributed by atoms with van der Waals surface area (Å²) in [5, 5.41) is 32.0. The zero-order valence-corrected chi connectivity index (χ0v) is 29.6. The summed E-state index contributed by atoms with van der Waals surface area (Å²) in [7, 11) is 4.28. The second-order valence-electron chi connectivity index (χ2n) is 15.2. The van der Waals surface area contributed by atoms with Crippen LogP contribution in [-0.4, -0.2) is 82.4 Å². The van der Waals surface area contributed by atoms with Crippen molar-refractivity contribution in [2.24, 2.45) is 28.6 Å². The van der Waals surface area contributed by atoms with Gasteiger partial charge >= 0.3 is 0 Å². The first-order valence-corrected chi connectivity index (χ1v) is 17.9. The summed E-state index contributed by atoms with van der Waals surface area (Å²) in [5.74, 6) is -2.12. The zero-order valence-electron chi connectivity index (χ0n) is 28.8. The molecule has 48 heavy (non-hydrogen) atoms. The average Bonchev–Trinajstić information content (AvgIpc) is 3.26. The van der Waals surface area contributed by atoms with Gasteiger partial charge in [0.05, 0.1) is 17.5 Å². The van der Waals surface area contributed by atoms with Crippen molar-refractivity contribution in [2.45, 2.75) is 86.6 Å². The maximum absolute atomic E-state index is 16.9. The standard InChI is InChI=1S/C22H29FO5.C17H20N2S/c1-12-8-16-15-5-4-13-9-14(25)6-7-19(13,2)21(15,23)17(26)10-20(16,3)22(12,28)18(27)11-24;1-13(18(2)3)12-19-14-8-4-6-10-16(14)20-17-11-7-5-9-15(17)19/h6-7,9,12,15-17,24,26,28H,4-5,8,10-11H2,1-3H3;4-11,13H,12H2,1-3H3/t12-,15+,16+,17+,19+,20+,21+,22+;/m1./s1. The Hall–Kier alpha value is -2.82. The lowest BCUT2D eigenvalue weighted by Crippen LogP contribution is -2.69. The van der Waals surface area contributed by atoms with Gasteiger partial charge in [0.2, 0.25) is 0 Å². The molecule has 9 heteroatoms. The molecule has 2 aromatic carbocycles. The fourth-order valence-electron chi connectivity index (χ4n) is 9.67. The molecule has 0 radical (unpaired) electrons. The number of halogens is 1. The van der Waals surface area contributed by atoms with Crippen molar-refractivity contribution < 1.29 is 29.3 Å². The second-order valence-corrected chi connectivity index (χ2v) is 16.3. The maximum atomic E-state index is 16.9. The lowest BCUT2D eigenvalue weighted by atomic mass is 9.44. The van der Waals surface area contributed by atoms with Gasteiger partial charge in [-0.25, -0.2) is 4.39 Å². The number of benzene rings is 2. The van der Waals surface area contributed by atoms with E-state index < -0.39 is 52.4 Å². The van der Waals surface area contributed by atoms with Crippen molar-refractivity contribution in [2.75, 3.05) is 32.1 Å². The van der Waals surface area contributed by atoms with Crippen LogP contribution in [0.5, 0.6) is 0 Å². The molecular weight excluding hydrogens is 628 g/mol. The van der Waals surface area contributed by atoms with Crippen molar-refractivity contribution in [1.29, 1.82) is 0 Å². The first-order valence-electron chi connectivity index (χ1n) is 17.1. The van der Waals surface area contributed by atoms with Crippen LogP contribution < -0.4 is 4.90 Å². The Kier molecular flexibility index (Phi) is 9.12. The monoisotopic (exact) mass is 676 g/mol. The van der Waals surface area contributed by atoms with Crippen LogP contribution in [-0.2, 0) is 9.59 Å². The molecule has 7 rings (SSSR count). The molecule has 1 aliphatic heterocycles. The molecule has 0 bridgehead atoms. The van der Waals surface area contributed by atoms with Gasteiger partial charge in [-0.1, -0.05) is 61.5 Å². The molecule has 1 unspecified atom stereocenters. The summed E-state index contributed by atoms with van der Waals surface area (Å²) in [6.45, 7) is 7.75. The fraction of sp³-hybridized carbons (Fsp3) is 0.538. The van der Waals surface area contributed by atoms with E-state index in [0.717, 1.165) is 6.54 Å². The Morgan fingerprint density at radius 1 is 1.08 bits per heavy atom. The molecule has 3 fully saturated rings. The van der Waals surface area contributed by atoms with E-state index in [-0.39, 0.29) is 18.1 Å². The highest BCUT2D eigenvalue weighted by Gasteiger charge is 2.75. The van der Waals surface area contributed by atoms with Gasteiger partial charge in [-0.2, -0.15) is 0 Å². The lowest BCUT2D eigenvalue weighted by Gasteiger charge is -2.62. The Morgan fingerprint density at radius 3 is 2.27 bits per heavy atom. The van der Waals surface area contributed by atoms with Gasteiger partial charge in [-0.05, 0) is 102 Å². The van der Waals surface area contributed by atoms with Crippen LogP contribution in [0.15, 0.2) is 82.1 Å². The third-order valence-electron chi connectivity index (χ3n) is 12.7. The Labute approximate surface area is 287 Å². The van der Waals surface area contributed by atoms with E-state index in [1.165, 1.54) is 33.3 Å². The number of carbonyl (C=O) groups excluding carboxylic acids is 2. The summed E-state index contributed by atoms with van der Waals surface area (Å²) in [6, 6.07) is 17.9. The van der Waals surface area contributed by atoms with Crippen LogP contribution in [0.25, 0.3) is 0 Å². The number of likely N-dealkylation sites (N-methyl/N-ethyl adjacent to an activating group) is 1. The molecule has 3 saturated carbocycles. The smallest absolute Gasteiger partial charge is 0.190 e. The third-order valence-corrected chi connectivity index (χ3v) is 13.8. The second kappa shape index (κ2) is 12.5. The molecule has 7 nitrogen and oxygen atoms in total. The highest BCUT2D eigenvalue weighted by atomic mass is 32.2. The molecule has 258 valence electrons. The van der Waals surface area contributed by atoms with Gasteiger partial charge in [0, 0.05) is 39.1 Å². The Bertz CT molecular complexity index is 1620. The minimum Gasteiger partial charge on any atom is -0.390 e. The van der Waals surface area contributed by atoms with E-state index in [4.69, 9.17) is 0 Å². The van der Waals surface area contributed by atoms with Crippen molar-refractivity contribution in [3.8, 4) is 0 Å². The largest absolute Gasteiger partial charge is 0.390 e. The first-order chi connectivity index (χ1) is 22.6. The predicted octanol–water partition coefficient (Wildman–Crippen LogP) is 6.14. The van der Waals surface area contributed by atoms with Gasteiger partial charge in [0.25, 0.3) is 0 Å². The molecule has 0 amide bonds. The van der Waals surface area contributed by atoms with Crippen molar-refractivity contribution in [3.05, 3.63) is 72.3 Å². The molecule has 5 aliphatic rings. The minimum absolute atomic E-state index is 0.0676. The molecule has 1 heterocycles.